The maximum Gasteiger partial charge on any atom is 0.410 e. The molecule has 3 nitrogen and oxygen atoms in total. The molecule has 1 heterocycles. The van der Waals surface area contributed by atoms with Gasteiger partial charge in [0.15, 0.2) is 0 Å². The van der Waals surface area contributed by atoms with Crippen molar-refractivity contribution < 1.29 is 9.53 Å². The van der Waals surface area contributed by atoms with E-state index in [1.54, 1.807) is 0 Å². The van der Waals surface area contributed by atoms with Crippen molar-refractivity contribution in [3.05, 3.63) is 83.9 Å². The topological polar surface area (TPSA) is 29.5 Å². The number of hydrogen-bond acceptors (Lipinski definition) is 2. The number of benzene rings is 2. The van der Waals surface area contributed by atoms with Crippen molar-refractivity contribution in [2.45, 2.75) is 32.2 Å². The minimum Gasteiger partial charge on any atom is -0.449 e. The zero-order valence-corrected chi connectivity index (χ0v) is 15.6. The molecule has 0 N–H and O–H groups in total. The predicted molar refractivity (Wildman–Crippen MR) is 105 cm³/mol. The quantitative estimate of drug-likeness (QED) is 0.663. The molecule has 0 saturated heterocycles. The summed E-state index contributed by atoms with van der Waals surface area (Å²) in [5, 5.41) is 0. The van der Waals surface area contributed by atoms with Crippen LogP contribution in [0, 0.1) is 5.92 Å². The van der Waals surface area contributed by atoms with Gasteiger partial charge in [0.05, 0.1) is 12.6 Å². The molecule has 26 heavy (non-hydrogen) atoms. The molecule has 0 radical (unpaired) electrons. The lowest BCUT2D eigenvalue weighted by atomic mass is 9.80. The van der Waals surface area contributed by atoms with Crippen LogP contribution in [-0.2, 0) is 4.74 Å². The highest BCUT2D eigenvalue weighted by atomic mass is 16.6. The van der Waals surface area contributed by atoms with Crippen LogP contribution in [0.25, 0.3) is 0 Å². The van der Waals surface area contributed by atoms with E-state index < -0.39 is 0 Å². The third-order valence-corrected chi connectivity index (χ3v) is 4.85. The molecule has 0 saturated carbocycles. The van der Waals surface area contributed by atoms with Crippen LogP contribution in [0.5, 0.6) is 0 Å². The van der Waals surface area contributed by atoms with Gasteiger partial charge in [-0.15, -0.1) is 6.58 Å². The van der Waals surface area contributed by atoms with Gasteiger partial charge in [-0.05, 0) is 29.0 Å². The largest absolute Gasteiger partial charge is 0.449 e. The van der Waals surface area contributed by atoms with Gasteiger partial charge in [-0.3, -0.25) is 4.90 Å². The van der Waals surface area contributed by atoms with Gasteiger partial charge in [-0.1, -0.05) is 74.5 Å². The zero-order valence-electron chi connectivity index (χ0n) is 15.6. The molecule has 0 spiro atoms. The Balaban J connectivity index is 1.99. The number of fused-ring (bicyclic) bond motifs is 1. The molecule has 1 aliphatic rings. The van der Waals surface area contributed by atoms with Crippen molar-refractivity contribution >= 4 is 6.09 Å². The van der Waals surface area contributed by atoms with Crippen LogP contribution in [-0.4, -0.2) is 24.1 Å². The molecular formula is C23H27NO2. The minimum atomic E-state index is -0.235. The van der Waals surface area contributed by atoms with E-state index >= 15 is 0 Å². The van der Waals surface area contributed by atoms with Crippen LogP contribution in [0.1, 0.15) is 48.9 Å². The van der Waals surface area contributed by atoms with Crippen LogP contribution in [0.2, 0.25) is 0 Å². The summed E-state index contributed by atoms with van der Waals surface area (Å²) in [5.41, 5.74) is 3.70. The van der Waals surface area contributed by atoms with Gasteiger partial charge < -0.3 is 4.74 Å². The molecule has 0 aromatic heterocycles. The summed E-state index contributed by atoms with van der Waals surface area (Å²) in [6, 6.07) is 18.8. The molecule has 2 aromatic carbocycles. The predicted octanol–water partition coefficient (Wildman–Crippen LogP) is 5.54. The third kappa shape index (κ3) is 3.82. The van der Waals surface area contributed by atoms with E-state index in [0.717, 1.165) is 6.42 Å². The second kappa shape index (κ2) is 8.22. The van der Waals surface area contributed by atoms with E-state index in [0.29, 0.717) is 19.1 Å². The van der Waals surface area contributed by atoms with Gasteiger partial charge in [0, 0.05) is 12.5 Å². The number of amides is 1. The molecular weight excluding hydrogens is 322 g/mol. The van der Waals surface area contributed by atoms with Crippen LogP contribution in [0.15, 0.2) is 67.3 Å². The summed E-state index contributed by atoms with van der Waals surface area (Å²) >= 11 is 0. The van der Waals surface area contributed by atoms with E-state index in [1.807, 2.05) is 37.0 Å². The normalized spacial score (nSPS) is 19.1. The summed E-state index contributed by atoms with van der Waals surface area (Å²) in [6.45, 7) is 9.05. The van der Waals surface area contributed by atoms with Crippen LogP contribution < -0.4 is 0 Å². The fraction of sp³-hybridized carbons (Fsp3) is 0.348. The van der Waals surface area contributed by atoms with Crippen molar-refractivity contribution in [1.29, 1.82) is 0 Å². The fourth-order valence-electron chi connectivity index (χ4n) is 3.63. The lowest BCUT2D eigenvalue weighted by Gasteiger charge is -2.40. The number of ether oxygens (including phenoxy) is 1. The summed E-state index contributed by atoms with van der Waals surface area (Å²) in [7, 11) is 0. The van der Waals surface area contributed by atoms with Crippen LogP contribution in [0.4, 0.5) is 4.79 Å². The van der Waals surface area contributed by atoms with Gasteiger partial charge in [0.2, 0.25) is 0 Å². The molecule has 2 atom stereocenters. The van der Waals surface area contributed by atoms with Gasteiger partial charge in [0.25, 0.3) is 0 Å². The molecule has 0 unspecified atom stereocenters. The standard InChI is InChI=1S/C23H27NO2/c1-4-10-22-20-14-9-8-13-19(20)21(18-11-6-5-7-12-18)15-24(22)23(25)26-16-17(2)3/h4-9,11-14,17,21-22H,1,10,15-16H2,2-3H3/t21-,22-/m0/s1. The number of carbonyl (C=O) groups excluding carboxylic acids is 1. The smallest absolute Gasteiger partial charge is 0.410 e. The maximum absolute atomic E-state index is 12.8. The highest BCUT2D eigenvalue weighted by Gasteiger charge is 2.36. The summed E-state index contributed by atoms with van der Waals surface area (Å²) in [4.78, 5) is 14.7. The van der Waals surface area contributed by atoms with Crippen molar-refractivity contribution in [3.8, 4) is 0 Å². The van der Waals surface area contributed by atoms with Gasteiger partial charge in [-0.2, -0.15) is 0 Å². The summed E-state index contributed by atoms with van der Waals surface area (Å²) in [5.74, 6) is 0.471. The van der Waals surface area contributed by atoms with Gasteiger partial charge >= 0.3 is 6.09 Å². The van der Waals surface area contributed by atoms with E-state index in [1.165, 1.54) is 16.7 Å². The Morgan fingerprint density at radius 3 is 2.46 bits per heavy atom. The van der Waals surface area contributed by atoms with E-state index in [-0.39, 0.29) is 18.1 Å². The average Bonchev–Trinajstić information content (AvgIpc) is 2.67. The Hall–Kier alpha value is -2.55. The molecule has 0 bridgehead atoms. The first kappa shape index (κ1) is 18.2. The molecule has 1 amide bonds. The van der Waals surface area contributed by atoms with E-state index in [9.17, 15) is 4.79 Å². The molecule has 3 rings (SSSR count). The highest BCUT2D eigenvalue weighted by Crippen LogP contribution is 2.41. The Labute approximate surface area is 156 Å². The first-order valence-electron chi connectivity index (χ1n) is 9.29. The molecule has 0 fully saturated rings. The lowest BCUT2D eigenvalue weighted by molar-refractivity contribution is 0.0719. The van der Waals surface area contributed by atoms with Crippen LogP contribution >= 0.6 is 0 Å². The SMILES string of the molecule is C=CC[C@H]1c2ccccc2[C@H](c2ccccc2)CN1C(=O)OCC(C)C. The minimum absolute atomic E-state index is 0.0247. The van der Waals surface area contributed by atoms with Crippen LogP contribution in [0.3, 0.4) is 0 Å². The maximum atomic E-state index is 12.8. The Morgan fingerprint density at radius 2 is 1.81 bits per heavy atom. The second-order valence-electron chi connectivity index (χ2n) is 7.26. The highest BCUT2D eigenvalue weighted by molar-refractivity contribution is 5.69. The van der Waals surface area contributed by atoms with Crippen molar-refractivity contribution in [2.24, 2.45) is 5.92 Å². The Morgan fingerprint density at radius 1 is 1.15 bits per heavy atom. The number of carbonyl (C=O) groups is 1. The second-order valence-corrected chi connectivity index (χ2v) is 7.26. The number of hydrogen-bond donors (Lipinski definition) is 0. The van der Waals surface area contributed by atoms with E-state index in [2.05, 4.69) is 49.0 Å². The average molecular weight is 349 g/mol. The van der Waals surface area contributed by atoms with Crippen molar-refractivity contribution in [1.82, 2.24) is 4.90 Å². The van der Waals surface area contributed by atoms with Gasteiger partial charge in [0.1, 0.15) is 0 Å². The van der Waals surface area contributed by atoms with Crippen molar-refractivity contribution in [2.75, 3.05) is 13.2 Å². The summed E-state index contributed by atoms with van der Waals surface area (Å²) in [6.07, 6.45) is 2.36. The third-order valence-electron chi connectivity index (χ3n) is 4.85. The molecule has 1 aliphatic heterocycles. The lowest BCUT2D eigenvalue weighted by Crippen LogP contribution is -2.42. The Bertz CT molecular complexity index is 754. The molecule has 3 heteroatoms. The molecule has 2 aromatic rings. The van der Waals surface area contributed by atoms with Gasteiger partial charge in [-0.25, -0.2) is 4.79 Å². The number of rotatable bonds is 5. The first-order valence-corrected chi connectivity index (χ1v) is 9.29. The monoisotopic (exact) mass is 349 g/mol. The fourth-order valence-corrected chi connectivity index (χ4v) is 3.63. The molecule has 0 aliphatic carbocycles. The Kier molecular flexibility index (Phi) is 5.77. The summed E-state index contributed by atoms with van der Waals surface area (Å²) < 4.78 is 5.57. The van der Waals surface area contributed by atoms with Crippen molar-refractivity contribution in [3.63, 3.8) is 0 Å². The number of nitrogens with zero attached hydrogens (tertiary/aromatic N) is 1. The first-order chi connectivity index (χ1) is 12.6. The zero-order chi connectivity index (χ0) is 18.5. The molecule has 136 valence electrons. The van der Waals surface area contributed by atoms with E-state index in [4.69, 9.17) is 4.74 Å².